The second kappa shape index (κ2) is 12.1. The monoisotopic (exact) mass is 622 g/mol. The Bertz CT molecular complexity index is 2150. The van der Waals surface area contributed by atoms with Crippen molar-refractivity contribution in [1.82, 2.24) is 4.57 Å². The van der Waals surface area contributed by atoms with Crippen LogP contribution in [-0.2, 0) is 4.79 Å². The third-order valence-electron chi connectivity index (χ3n) is 7.29. The lowest BCUT2D eigenvalue weighted by molar-refractivity contribution is -0.384. The van der Waals surface area contributed by atoms with Gasteiger partial charge in [-0.2, -0.15) is 0 Å². The molecular formula is C33H26N4O7S. The number of non-ortho nitro benzene ring substituents is 1. The molecule has 1 N–H and O–H groups in total. The van der Waals surface area contributed by atoms with Crippen LogP contribution >= 0.6 is 11.3 Å². The molecule has 0 fully saturated rings. The quantitative estimate of drug-likeness (QED) is 0.189. The maximum Gasteiger partial charge on any atom is 0.271 e. The number of carbonyl (C=O) groups is 1. The molecule has 12 heteroatoms. The molecule has 0 spiro atoms. The fourth-order valence-electron chi connectivity index (χ4n) is 5.14. The van der Waals surface area contributed by atoms with Gasteiger partial charge in [-0.1, -0.05) is 41.7 Å². The smallest absolute Gasteiger partial charge is 0.271 e. The number of anilines is 1. The normalized spacial score (nSPS) is 14.5. The van der Waals surface area contributed by atoms with Crippen molar-refractivity contribution in [3.63, 3.8) is 0 Å². The zero-order valence-corrected chi connectivity index (χ0v) is 25.2. The summed E-state index contributed by atoms with van der Waals surface area (Å²) in [6.07, 6.45) is 1.59. The van der Waals surface area contributed by atoms with Gasteiger partial charge in [-0.25, -0.2) is 4.99 Å². The van der Waals surface area contributed by atoms with Gasteiger partial charge in [0.2, 0.25) is 0 Å². The van der Waals surface area contributed by atoms with E-state index in [1.165, 1.54) is 41.2 Å². The van der Waals surface area contributed by atoms with Crippen LogP contribution in [0.5, 0.6) is 11.5 Å². The zero-order chi connectivity index (χ0) is 31.7. The molecule has 45 heavy (non-hydrogen) atoms. The second-order valence-corrected chi connectivity index (χ2v) is 11.0. The minimum absolute atomic E-state index is 0.113. The topological polar surface area (TPSA) is 138 Å². The number of fused-ring (bicyclic) bond motifs is 1. The molecule has 6 rings (SSSR count). The van der Waals surface area contributed by atoms with E-state index in [-0.39, 0.29) is 17.2 Å². The number of hydrogen-bond donors (Lipinski definition) is 1. The molecule has 1 atom stereocenters. The molecule has 0 saturated heterocycles. The Kier molecular flexibility index (Phi) is 7.88. The summed E-state index contributed by atoms with van der Waals surface area (Å²) in [6, 6.07) is 23.0. The number of amides is 1. The molecule has 3 aromatic carbocycles. The Morgan fingerprint density at radius 1 is 1.04 bits per heavy atom. The fraction of sp³-hybridized carbons (Fsp3) is 0.121. The molecule has 0 aliphatic carbocycles. The van der Waals surface area contributed by atoms with Crippen molar-refractivity contribution in [2.45, 2.75) is 13.0 Å². The lowest BCUT2D eigenvalue weighted by atomic mass is 9.95. The lowest BCUT2D eigenvalue weighted by Crippen LogP contribution is -2.40. The number of benzene rings is 3. The van der Waals surface area contributed by atoms with Crippen LogP contribution in [0.2, 0.25) is 0 Å². The van der Waals surface area contributed by atoms with Crippen LogP contribution in [0.25, 0.3) is 17.4 Å². The Morgan fingerprint density at radius 2 is 1.80 bits per heavy atom. The van der Waals surface area contributed by atoms with E-state index in [1.807, 2.05) is 30.3 Å². The first-order chi connectivity index (χ1) is 21.8. The van der Waals surface area contributed by atoms with E-state index in [2.05, 4.69) is 10.3 Å². The third kappa shape index (κ3) is 5.66. The fourth-order valence-corrected chi connectivity index (χ4v) is 6.17. The number of ether oxygens (including phenoxy) is 2. The van der Waals surface area contributed by atoms with Crippen molar-refractivity contribution in [1.29, 1.82) is 0 Å². The van der Waals surface area contributed by atoms with Crippen molar-refractivity contribution in [3.05, 3.63) is 137 Å². The number of para-hydroxylation sites is 1. The molecular weight excluding hydrogens is 596 g/mol. The molecule has 0 unspecified atom stereocenters. The summed E-state index contributed by atoms with van der Waals surface area (Å²) in [7, 11) is 3.03. The van der Waals surface area contributed by atoms with Crippen LogP contribution in [0.3, 0.4) is 0 Å². The number of furan rings is 1. The number of carbonyl (C=O) groups excluding carboxylic acids is 1. The van der Waals surface area contributed by atoms with Crippen molar-refractivity contribution in [3.8, 4) is 22.8 Å². The number of allylic oxidation sites excluding steroid dienone is 1. The van der Waals surface area contributed by atoms with E-state index in [0.29, 0.717) is 60.4 Å². The highest BCUT2D eigenvalue weighted by molar-refractivity contribution is 7.07. The molecule has 0 bridgehead atoms. The molecule has 0 radical (unpaired) electrons. The van der Waals surface area contributed by atoms with E-state index >= 15 is 0 Å². The van der Waals surface area contributed by atoms with E-state index in [4.69, 9.17) is 13.9 Å². The number of nitro benzene ring substituents is 1. The summed E-state index contributed by atoms with van der Waals surface area (Å²) in [6.45, 7) is 1.75. The van der Waals surface area contributed by atoms with E-state index in [1.54, 1.807) is 56.5 Å². The molecule has 226 valence electrons. The van der Waals surface area contributed by atoms with Gasteiger partial charge in [0, 0.05) is 23.9 Å². The summed E-state index contributed by atoms with van der Waals surface area (Å²) in [5, 5.41) is 14.3. The predicted octanol–water partition coefficient (Wildman–Crippen LogP) is 5.06. The number of thiazole rings is 1. The largest absolute Gasteiger partial charge is 0.497 e. The van der Waals surface area contributed by atoms with Gasteiger partial charge in [0.25, 0.3) is 17.2 Å². The first kappa shape index (κ1) is 29.3. The van der Waals surface area contributed by atoms with Crippen LogP contribution < -0.4 is 29.7 Å². The lowest BCUT2D eigenvalue weighted by Gasteiger charge is -2.25. The number of nitrogens with one attached hydrogen (secondary N) is 1. The second-order valence-electron chi connectivity index (χ2n) is 10.0. The highest BCUT2D eigenvalue weighted by Crippen LogP contribution is 2.35. The van der Waals surface area contributed by atoms with Crippen LogP contribution in [0.15, 0.2) is 110 Å². The van der Waals surface area contributed by atoms with Gasteiger partial charge in [-0.05, 0) is 55.0 Å². The van der Waals surface area contributed by atoms with Gasteiger partial charge in [0.15, 0.2) is 4.80 Å². The van der Waals surface area contributed by atoms with Crippen molar-refractivity contribution in [2.75, 3.05) is 19.5 Å². The summed E-state index contributed by atoms with van der Waals surface area (Å²) >= 11 is 1.17. The minimum atomic E-state index is -0.765. The SMILES string of the molecule is COc1ccc([C@@H]2C(C(=O)Nc3ccccc3)=C(C)N=c3s/c(=C/c4ccc(-c5cc([N+](=O)[O-])ccc5OC)o4)c(=O)n32)cc1. The van der Waals surface area contributed by atoms with Gasteiger partial charge < -0.3 is 19.2 Å². The number of aromatic nitrogens is 1. The van der Waals surface area contributed by atoms with Crippen LogP contribution in [-0.4, -0.2) is 29.6 Å². The number of nitro groups is 1. The van der Waals surface area contributed by atoms with Gasteiger partial charge in [-0.3, -0.25) is 24.3 Å². The van der Waals surface area contributed by atoms with Gasteiger partial charge >= 0.3 is 0 Å². The van der Waals surface area contributed by atoms with Crippen LogP contribution in [0.4, 0.5) is 11.4 Å². The third-order valence-corrected chi connectivity index (χ3v) is 8.27. The standard InChI is InChI=1S/C33H26N4O7S/c1-19-29(31(38)35-21-7-5-4-6-8-21)30(20-9-12-23(42-2)13-10-20)36-32(39)28(45-33(36)34-19)18-24-14-16-27(44-24)25-17-22(37(40)41)11-15-26(25)43-3/h4-18,30H,1-3H3,(H,35,38)/b28-18+/t30-/m1/s1. The molecule has 3 heterocycles. The average Bonchev–Trinajstić information content (AvgIpc) is 3.64. The Hall–Kier alpha value is -5.75. The number of hydrogen-bond acceptors (Lipinski definition) is 9. The van der Waals surface area contributed by atoms with Crippen molar-refractivity contribution in [2.24, 2.45) is 4.99 Å². The summed E-state index contributed by atoms with van der Waals surface area (Å²) < 4.78 is 18.6. The summed E-state index contributed by atoms with van der Waals surface area (Å²) in [5.74, 6) is 1.34. The summed E-state index contributed by atoms with van der Waals surface area (Å²) in [5.41, 5.74) is 2.06. The molecule has 2 aromatic heterocycles. The maximum atomic E-state index is 14.0. The molecule has 1 aliphatic rings. The predicted molar refractivity (Wildman–Crippen MR) is 169 cm³/mol. The number of nitrogens with zero attached hydrogens (tertiary/aromatic N) is 3. The van der Waals surface area contributed by atoms with Gasteiger partial charge in [0.1, 0.15) is 23.0 Å². The first-order valence-electron chi connectivity index (χ1n) is 13.7. The van der Waals surface area contributed by atoms with E-state index < -0.39 is 11.0 Å². The van der Waals surface area contributed by atoms with Gasteiger partial charge in [-0.15, -0.1) is 0 Å². The van der Waals surface area contributed by atoms with Crippen LogP contribution in [0, 0.1) is 10.1 Å². The Balaban J connectivity index is 1.44. The Morgan fingerprint density at radius 3 is 2.49 bits per heavy atom. The molecule has 1 aliphatic heterocycles. The van der Waals surface area contributed by atoms with Gasteiger partial charge in [0.05, 0.1) is 46.6 Å². The highest BCUT2D eigenvalue weighted by Gasteiger charge is 2.32. The highest BCUT2D eigenvalue weighted by atomic mass is 32.1. The first-order valence-corrected chi connectivity index (χ1v) is 14.5. The van der Waals surface area contributed by atoms with E-state index in [0.717, 1.165) is 0 Å². The number of methoxy groups -OCH3 is 2. The average molecular weight is 623 g/mol. The molecule has 0 saturated carbocycles. The van der Waals surface area contributed by atoms with Crippen molar-refractivity contribution >= 4 is 34.7 Å². The maximum absolute atomic E-state index is 14.0. The molecule has 5 aromatic rings. The molecule has 11 nitrogen and oxygen atoms in total. The zero-order valence-electron chi connectivity index (χ0n) is 24.3. The Labute approximate surface area is 260 Å². The van der Waals surface area contributed by atoms with E-state index in [9.17, 15) is 19.7 Å². The number of rotatable bonds is 8. The minimum Gasteiger partial charge on any atom is -0.497 e. The summed E-state index contributed by atoms with van der Waals surface area (Å²) in [4.78, 5) is 43.7. The molecule has 1 amide bonds. The van der Waals surface area contributed by atoms with Crippen molar-refractivity contribution < 1.29 is 23.6 Å². The van der Waals surface area contributed by atoms with Crippen LogP contribution in [0.1, 0.15) is 24.3 Å².